The molecule has 0 fully saturated rings. The van der Waals surface area contributed by atoms with Gasteiger partial charge in [-0.2, -0.15) is 0 Å². The zero-order chi connectivity index (χ0) is 19.8. The van der Waals surface area contributed by atoms with Crippen LogP contribution in [0.25, 0.3) is 0 Å². The summed E-state index contributed by atoms with van der Waals surface area (Å²) >= 11 is 12.5. The molecule has 5 heteroatoms. The van der Waals surface area contributed by atoms with Gasteiger partial charge in [-0.3, -0.25) is 0 Å². The highest BCUT2D eigenvalue weighted by Gasteiger charge is 2.13. The third-order valence-electron chi connectivity index (χ3n) is 4.90. The minimum Gasteiger partial charge on any atom is -0.493 e. The first-order valence-corrected chi connectivity index (χ1v) is 10.5. The van der Waals surface area contributed by atoms with E-state index >= 15 is 0 Å². The van der Waals surface area contributed by atoms with Crippen LogP contribution in [-0.2, 0) is 13.2 Å². The van der Waals surface area contributed by atoms with E-state index in [9.17, 15) is 0 Å². The molecule has 1 aliphatic carbocycles. The molecule has 28 heavy (non-hydrogen) atoms. The van der Waals surface area contributed by atoms with Crippen molar-refractivity contribution in [1.82, 2.24) is 5.32 Å². The quantitative estimate of drug-likeness (QED) is 0.368. The maximum Gasteiger partial charge on any atom is 0.180 e. The maximum atomic E-state index is 6.48. The minimum atomic E-state index is 0.378. The number of halogens is 2. The van der Waals surface area contributed by atoms with E-state index in [2.05, 4.69) is 11.4 Å². The van der Waals surface area contributed by atoms with E-state index < -0.39 is 0 Å². The highest BCUT2D eigenvalue weighted by molar-refractivity contribution is 6.32. The van der Waals surface area contributed by atoms with Gasteiger partial charge in [0.25, 0.3) is 0 Å². The second-order valence-electron chi connectivity index (χ2n) is 7.06. The molecule has 0 saturated heterocycles. The molecule has 0 saturated carbocycles. The summed E-state index contributed by atoms with van der Waals surface area (Å²) in [5.41, 5.74) is 3.64. The SMILES string of the molecule is COc1cc(CNCCC2=CCCCC2)cc(Cl)c1OCc1cccc(Cl)c1. The van der Waals surface area contributed by atoms with Gasteiger partial charge >= 0.3 is 0 Å². The van der Waals surface area contributed by atoms with Crippen molar-refractivity contribution in [3.8, 4) is 11.5 Å². The Hall–Kier alpha value is -1.68. The largest absolute Gasteiger partial charge is 0.493 e. The number of hydrogen-bond donors (Lipinski definition) is 1. The Balaban J connectivity index is 1.56. The van der Waals surface area contributed by atoms with E-state index in [1.807, 2.05) is 36.4 Å². The molecule has 0 unspecified atom stereocenters. The van der Waals surface area contributed by atoms with E-state index in [4.69, 9.17) is 32.7 Å². The average Bonchev–Trinajstić information content (AvgIpc) is 2.71. The lowest BCUT2D eigenvalue weighted by molar-refractivity contribution is 0.284. The summed E-state index contributed by atoms with van der Waals surface area (Å²) in [5, 5.41) is 4.73. The number of rotatable bonds is 9. The van der Waals surface area contributed by atoms with Gasteiger partial charge in [0.2, 0.25) is 0 Å². The summed E-state index contributed by atoms with van der Waals surface area (Å²) < 4.78 is 11.4. The molecule has 0 heterocycles. The molecule has 0 aliphatic heterocycles. The van der Waals surface area contributed by atoms with Crippen LogP contribution in [-0.4, -0.2) is 13.7 Å². The lowest BCUT2D eigenvalue weighted by Crippen LogP contribution is -2.16. The van der Waals surface area contributed by atoms with Crippen molar-refractivity contribution >= 4 is 23.2 Å². The van der Waals surface area contributed by atoms with Crippen LogP contribution in [0.2, 0.25) is 10.0 Å². The molecule has 2 aromatic rings. The second-order valence-corrected chi connectivity index (χ2v) is 7.91. The Kier molecular flexibility index (Phi) is 8.08. The van der Waals surface area contributed by atoms with Crippen LogP contribution >= 0.6 is 23.2 Å². The predicted octanol–water partition coefficient (Wildman–Crippen LogP) is 6.56. The van der Waals surface area contributed by atoms with Crippen LogP contribution in [0.5, 0.6) is 11.5 Å². The van der Waals surface area contributed by atoms with Gasteiger partial charge in [0.05, 0.1) is 12.1 Å². The number of methoxy groups -OCH3 is 1. The maximum absolute atomic E-state index is 6.48. The topological polar surface area (TPSA) is 30.5 Å². The van der Waals surface area contributed by atoms with E-state index in [0.717, 1.165) is 30.6 Å². The number of allylic oxidation sites excluding steroid dienone is 1. The third kappa shape index (κ3) is 6.16. The van der Waals surface area contributed by atoms with E-state index in [1.165, 1.54) is 25.7 Å². The monoisotopic (exact) mass is 419 g/mol. The average molecular weight is 420 g/mol. The highest BCUT2D eigenvalue weighted by atomic mass is 35.5. The minimum absolute atomic E-state index is 0.378. The fraction of sp³-hybridized carbons (Fsp3) is 0.391. The molecule has 0 radical (unpaired) electrons. The van der Waals surface area contributed by atoms with Crippen molar-refractivity contribution < 1.29 is 9.47 Å². The number of ether oxygens (including phenoxy) is 2. The van der Waals surface area contributed by atoms with Gasteiger partial charge in [-0.25, -0.2) is 0 Å². The molecule has 0 bridgehead atoms. The zero-order valence-electron chi connectivity index (χ0n) is 16.3. The van der Waals surface area contributed by atoms with Gasteiger partial charge in [-0.05, 0) is 74.0 Å². The first kappa shape index (κ1) is 21.0. The summed E-state index contributed by atoms with van der Waals surface area (Å²) in [5.74, 6) is 1.20. The van der Waals surface area contributed by atoms with Gasteiger partial charge in [0.15, 0.2) is 11.5 Å². The smallest absolute Gasteiger partial charge is 0.180 e. The normalized spacial score (nSPS) is 13.9. The van der Waals surface area contributed by atoms with Crippen molar-refractivity contribution in [1.29, 1.82) is 0 Å². The lowest BCUT2D eigenvalue weighted by atomic mass is 9.97. The van der Waals surface area contributed by atoms with Gasteiger partial charge < -0.3 is 14.8 Å². The van der Waals surface area contributed by atoms with Crippen LogP contribution in [0.3, 0.4) is 0 Å². The van der Waals surface area contributed by atoms with Crippen molar-refractivity contribution in [3.63, 3.8) is 0 Å². The van der Waals surface area contributed by atoms with Crippen molar-refractivity contribution in [2.45, 2.75) is 45.3 Å². The molecule has 150 valence electrons. The van der Waals surface area contributed by atoms with Crippen LogP contribution in [0, 0.1) is 0 Å². The molecular weight excluding hydrogens is 393 g/mol. The molecule has 0 amide bonds. The Bertz CT molecular complexity index is 820. The molecule has 1 N–H and O–H groups in total. The fourth-order valence-electron chi connectivity index (χ4n) is 3.41. The van der Waals surface area contributed by atoms with Crippen LogP contribution in [0.15, 0.2) is 48.0 Å². The highest BCUT2D eigenvalue weighted by Crippen LogP contribution is 2.37. The first-order chi connectivity index (χ1) is 13.7. The Labute approximate surface area is 177 Å². The first-order valence-electron chi connectivity index (χ1n) is 9.78. The van der Waals surface area contributed by atoms with Crippen LogP contribution in [0.1, 0.15) is 43.2 Å². The summed E-state index contributed by atoms with van der Waals surface area (Å²) in [7, 11) is 1.63. The van der Waals surface area contributed by atoms with Crippen LogP contribution in [0.4, 0.5) is 0 Å². The number of benzene rings is 2. The van der Waals surface area contributed by atoms with Gasteiger partial charge in [0.1, 0.15) is 6.61 Å². The Morgan fingerprint density at radius 3 is 2.71 bits per heavy atom. The molecule has 3 nitrogen and oxygen atoms in total. The van der Waals surface area contributed by atoms with Gasteiger partial charge in [-0.15, -0.1) is 0 Å². The predicted molar refractivity (Wildman–Crippen MR) is 117 cm³/mol. The van der Waals surface area contributed by atoms with Gasteiger partial charge in [-0.1, -0.05) is 47.0 Å². The number of nitrogens with one attached hydrogen (secondary N) is 1. The zero-order valence-corrected chi connectivity index (χ0v) is 17.8. The molecule has 0 atom stereocenters. The van der Waals surface area contributed by atoms with E-state index in [-0.39, 0.29) is 0 Å². The molecule has 1 aliphatic rings. The van der Waals surface area contributed by atoms with Crippen molar-refractivity contribution in [2.75, 3.05) is 13.7 Å². The van der Waals surface area contributed by atoms with E-state index in [1.54, 1.807) is 12.7 Å². The number of hydrogen-bond acceptors (Lipinski definition) is 3. The molecule has 0 spiro atoms. The standard InChI is InChI=1S/C23H27Cl2NO2/c1-27-22-14-19(15-26-11-10-17-6-3-2-4-7-17)13-21(25)23(22)28-16-18-8-5-9-20(24)12-18/h5-6,8-9,12-14,26H,2-4,7,10-11,15-16H2,1H3. The van der Waals surface area contributed by atoms with Crippen molar-refractivity contribution in [3.05, 3.63) is 69.2 Å². The van der Waals surface area contributed by atoms with Crippen LogP contribution < -0.4 is 14.8 Å². The van der Waals surface area contributed by atoms with Crippen molar-refractivity contribution in [2.24, 2.45) is 0 Å². The fourth-order valence-corrected chi connectivity index (χ4v) is 3.91. The summed E-state index contributed by atoms with van der Waals surface area (Å²) in [6, 6.07) is 11.5. The Morgan fingerprint density at radius 2 is 1.96 bits per heavy atom. The molecule has 0 aromatic heterocycles. The lowest BCUT2D eigenvalue weighted by Gasteiger charge is -2.15. The summed E-state index contributed by atoms with van der Waals surface area (Å²) in [6.45, 7) is 2.10. The molecular formula is C23H27Cl2NO2. The molecule has 3 rings (SSSR count). The second kappa shape index (κ2) is 10.8. The van der Waals surface area contributed by atoms with Gasteiger partial charge in [0, 0.05) is 11.6 Å². The summed E-state index contributed by atoms with van der Waals surface area (Å²) in [4.78, 5) is 0. The van der Waals surface area contributed by atoms with E-state index in [0.29, 0.717) is 28.2 Å². The Morgan fingerprint density at radius 1 is 1.07 bits per heavy atom. The summed E-state index contributed by atoms with van der Waals surface area (Å²) in [6.07, 6.45) is 8.66. The third-order valence-corrected chi connectivity index (χ3v) is 5.41. The molecule has 2 aromatic carbocycles.